The SMILES string of the molecule is CCS(=O)c1c(-c2cn3ccc(C(C)(F)C(F)(F)F)cc3n2)nn2c(C)c(C)c(C)c(C)c12. The number of aryl methyl sites for hydroxylation is 2. The van der Waals surface area contributed by atoms with Crippen LogP contribution in [0.4, 0.5) is 17.6 Å². The summed E-state index contributed by atoms with van der Waals surface area (Å²) in [6.07, 6.45) is -2.12. The monoisotopic (exact) mass is 480 g/mol. The number of rotatable bonds is 4. The summed E-state index contributed by atoms with van der Waals surface area (Å²) in [4.78, 5) is 4.97. The van der Waals surface area contributed by atoms with E-state index in [1.54, 1.807) is 10.7 Å². The molecule has 0 aliphatic heterocycles. The van der Waals surface area contributed by atoms with Crippen LogP contribution in [0, 0.1) is 27.7 Å². The smallest absolute Gasteiger partial charge is 0.306 e. The van der Waals surface area contributed by atoms with Gasteiger partial charge in [-0.25, -0.2) is 13.9 Å². The van der Waals surface area contributed by atoms with Crippen molar-refractivity contribution in [2.75, 3.05) is 5.75 Å². The van der Waals surface area contributed by atoms with Gasteiger partial charge in [0.15, 0.2) is 0 Å². The first-order chi connectivity index (χ1) is 15.3. The summed E-state index contributed by atoms with van der Waals surface area (Å²) in [5.41, 5.74) is 1.60. The second kappa shape index (κ2) is 7.65. The van der Waals surface area contributed by atoms with Crippen molar-refractivity contribution in [1.82, 2.24) is 19.0 Å². The number of halogens is 4. The number of alkyl halides is 4. The highest BCUT2D eigenvalue weighted by Gasteiger charge is 2.53. The number of hydrogen-bond donors (Lipinski definition) is 0. The third kappa shape index (κ3) is 3.46. The van der Waals surface area contributed by atoms with E-state index < -0.39 is 28.2 Å². The van der Waals surface area contributed by atoms with E-state index in [0.717, 1.165) is 40.0 Å². The highest BCUT2D eigenvalue weighted by atomic mass is 32.2. The molecule has 4 aromatic heterocycles. The first-order valence-corrected chi connectivity index (χ1v) is 11.7. The Morgan fingerprint density at radius 1 is 1.06 bits per heavy atom. The van der Waals surface area contributed by atoms with Crippen molar-refractivity contribution in [1.29, 1.82) is 0 Å². The zero-order valence-corrected chi connectivity index (χ0v) is 20.0. The van der Waals surface area contributed by atoms with E-state index >= 15 is 0 Å². The van der Waals surface area contributed by atoms with Crippen LogP contribution < -0.4 is 0 Å². The average molecular weight is 481 g/mol. The quantitative estimate of drug-likeness (QED) is 0.349. The second-order valence-electron chi connectivity index (χ2n) is 8.34. The van der Waals surface area contributed by atoms with Crippen molar-refractivity contribution in [3.05, 3.63) is 52.5 Å². The Kier molecular flexibility index (Phi) is 5.42. The summed E-state index contributed by atoms with van der Waals surface area (Å²) in [5, 5.41) is 4.71. The van der Waals surface area contributed by atoms with Crippen LogP contribution in [0.2, 0.25) is 0 Å². The molecule has 4 rings (SSSR count). The summed E-state index contributed by atoms with van der Waals surface area (Å²) in [7, 11) is -1.37. The number of pyridine rings is 2. The summed E-state index contributed by atoms with van der Waals surface area (Å²) in [6, 6.07) is 2.16. The van der Waals surface area contributed by atoms with Crippen molar-refractivity contribution in [3.8, 4) is 11.4 Å². The number of hydrogen-bond acceptors (Lipinski definition) is 3. The van der Waals surface area contributed by atoms with Crippen molar-refractivity contribution in [2.45, 2.75) is 58.3 Å². The van der Waals surface area contributed by atoms with Crippen LogP contribution in [0.15, 0.2) is 29.4 Å². The molecular formula is C23H24F4N4OS. The van der Waals surface area contributed by atoms with Gasteiger partial charge in [-0.3, -0.25) is 4.21 Å². The second-order valence-corrected chi connectivity index (χ2v) is 10.0. The summed E-state index contributed by atoms with van der Waals surface area (Å²) in [5.74, 6) is 0.364. The zero-order valence-electron chi connectivity index (χ0n) is 19.1. The summed E-state index contributed by atoms with van der Waals surface area (Å²) < 4.78 is 70.4. The molecule has 4 aromatic rings. The van der Waals surface area contributed by atoms with E-state index in [1.807, 2.05) is 34.6 Å². The maximum absolute atomic E-state index is 14.5. The van der Waals surface area contributed by atoms with Crippen LogP contribution in [0.1, 0.15) is 41.8 Å². The van der Waals surface area contributed by atoms with Gasteiger partial charge in [0.2, 0.25) is 5.67 Å². The molecule has 0 bridgehead atoms. The lowest BCUT2D eigenvalue weighted by Crippen LogP contribution is -2.35. The van der Waals surface area contributed by atoms with Crippen LogP contribution in [0.5, 0.6) is 0 Å². The van der Waals surface area contributed by atoms with Crippen molar-refractivity contribution in [3.63, 3.8) is 0 Å². The number of fused-ring (bicyclic) bond motifs is 2. The molecule has 0 saturated heterocycles. The molecule has 0 radical (unpaired) electrons. The van der Waals surface area contributed by atoms with Crippen LogP contribution in [-0.2, 0) is 16.5 Å². The maximum Gasteiger partial charge on any atom is 0.426 e. The van der Waals surface area contributed by atoms with Gasteiger partial charge in [-0.2, -0.15) is 18.3 Å². The van der Waals surface area contributed by atoms with Crippen LogP contribution >= 0.6 is 0 Å². The minimum atomic E-state index is -5.06. The molecule has 0 aromatic carbocycles. The lowest BCUT2D eigenvalue weighted by molar-refractivity contribution is -0.228. The van der Waals surface area contributed by atoms with Gasteiger partial charge in [0.25, 0.3) is 0 Å². The molecule has 2 unspecified atom stereocenters. The van der Waals surface area contributed by atoms with E-state index in [4.69, 9.17) is 5.10 Å². The minimum Gasteiger partial charge on any atom is -0.306 e. The molecule has 0 amide bonds. The lowest BCUT2D eigenvalue weighted by Gasteiger charge is -2.23. The molecule has 0 saturated carbocycles. The third-order valence-corrected chi connectivity index (χ3v) is 7.82. The van der Waals surface area contributed by atoms with Gasteiger partial charge in [0.1, 0.15) is 17.0 Å². The van der Waals surface area contributed by atoms with Gasteiger partial charge in [0, 0.05) is 29.4 Å². The van der Waals surface area contributed by atoms with E-state index in [2.05, 4.69) is 4.98 Å². The minimum absolute atomic E-state index is 0.140. The van der Waals surface area contributed by atoms with Gasteiger partial charge in [-0.1, -0.05) is 6.92 Å². The molecule has 2 atom stereocenters. The Morgan fingerprint density at radius 2 is 1.73 bits per heavy atom. The molecule has 176 valence electrons. The molecule has 0 N–H and O–H groups in total. The average Bonchev–Trinajstić information content (AvgIpc) is 3.36. The predicted octanol–water partition coefficient (Wildman–Crippen LogP) is 5.76. The topological polar surface area (TPSA) is 51.7 Å². The van der Waals surface area contributed by atoms with E-state index in [9.17, 15) is 21.8 Å². The maximum atomic E-state index is 14.5. The molecule has 5 nitrogen and oxygen atoms in total. The van der Waals surface area contributed by atoms with E-state index in [1.165, 1.54) is 10.6 Å². The molecular weight excluding hydrogens is 456 g/mol. The number of imidazole rings is 1. The van der Waals surface area contributed by atoms with Crippen LogP contribution in [0.3, 0.4) is 0 Å². The fourth-order valence-corrected chi connectivity index (χ4v) is 5.05. The molecule has 0 aliphatic carbocycles. The van der Waals surface area contributed by atoms with Gasteiger partial charge in [0.05, 0.1) is 21.2 Å². The van der Waals surface area contributed by atoms with Gasteiger partial charge in [-0.05, 0) is 63.4 Å². The largest absolute Gasteiger partial charge is 0.426 e. The molecule has 0 fully saturated rings. The Morgan fingerprint density at radius 3 is 2.33 bits per heavy atom. The van der Waals surface area contributed by atoms with E-state index in [0.29, 0.717) is 29.0 Å². The van der Waals surface area contributed by atoms with E-state index in [-0.39, 0.29) is 5.65 Å². The first-order valence-electron chi connectivity index (χ1n) is 10.4. The van der Waals surface area contributed by atoms with Crippen molar-refractivity contribution < 1.29 is 21.8 Å². The van der Waals surface area contributed by atoms with Crippen molar-refractivity contribution >= 4 is 22.0 Å². The lowest BCUT2D eigenvalue weighted by atomic mass is 9.98. The predicted molar refractivity (Wildman–Crippen MR) is 120 cm³/mol. The molecule has 0 spiro atoms. The molecule has 4 heterocycles. The Labute approximate surface area is 190 Å². The van der Waals surface area contributed by atoms with Crippen LogP contribution in [-0.4, -0.2) is 35.1 Å². The van der Waals surface area contributed by atoms with Gasteiger partial charge >= 0.3 is 6.18 Å². The highest BCUT2D eigenvalue weighted by Crippen LogP contribution is 2.42. The summed E-state index contributed by atoms with van der Waals surface area (Å²) >= 11 is 0. The number of aromatic nitrogens is 4. The normalized spacial score (nSPS) is 15.3. The fourth-order valence-electron chi connectivity index (χ4n) is 3.94. The summed E-state index contributed by atoms with van der Waals surface area (Å²) in [6.45, 7) is 10.2. The standard InChI is InChI=1S/C23H24F4N4OS/c1-7-33(32)21-19(29-31-15(5)13(3)12(2)14(4)20(21)31)17-11-30-9-8-16(10-18(30)28-17)22(6,24)23(25,26)27/h8-11H,7H2,1-6H3. The van der Waals surface area contributed by atoms with Crippen LogP contribution in [0.25, 0.3) is 22.6 Å². The van der Waals surface area contributed by atoms with Gasteiger partial charge in [-0.15, -0.1) is 0 Å². The van der Waals surface area contributed by atoms with Gasteiger partial charge < -0.3 is 4.40 Å². The van der Waals surface area contributed by atoms with Crippen molar-refractivity contribution in [2.24, 2.45) is 0 Å². The molecule has 0 aliphatic rings. The first kappa shape index (κ1) is 23.4. The zero-order chi connectivity index (χ0) is 24.5. The molecule has 10 heteroatoms. The Balaban J connectivity index is 1.99. The number of nitrogens with zero attached hydrogens (tertiary/aromatic N) is 4. The highest BCUT2D eigenvalue weighted by molar-refractivity contribution is 7.85. The molecule has 33 heavy (non-hydrogen) atoms. The third-order valence-electron chi connectivity index (χ3n) is 6.45. The Bertz CT molecular complexity index is 1430. The fraction of sp³-hybridized carbons (Fsp3) is 0.391. The Hall–Kier alpha value is -2.75.